The summed E-state index contributed by atoms with van der Waals surface area (Å²) in [7, 11) is 5.42. The fourth-order valence-corrected chi connectivity index (χ4v) is 3.15. The summed E-state index contributed by atoms with van der Waals surface area (Å²) in [6.45, 7) is 1.92. The quantitative estimate of drug-likeness (QED) is 0.583. The van der Waals surface area contributed by atoms with E-state index in [4.69, 9.17) is 4.74 Å². The highest BCUT2D eigenvalue weighted by molar-refractivity contribution is 9.10. The zero-order valence-corrected chi connectivity index (χ0v) is 16.7. The smallest absolute Gasteiger partial charge is 0.266 e. The molecule has 0 radical (unpaired) electrons. The van der Waals surface area contributed by atoms with Crippen LogP contribution in [0.3, 0.4) is 0 Å². The number of carbonyl (C=O) groups excluding carboxylic acids is 1. The van der Waals surface area contributed by atoms with Crippen molar-refractivity contribution in [1.29, 1.82) is 5.26 Å². The fraction of sp³-hybridized carbons (Fsp3) is 0.200. The zero-order chi connectivity index (χ0) is 19.3. The molecule has 0 unspecified atom stereocenters. The van der Waals surface area contributed by atoms with Crippen LogP contribution < -0.4 is 15.0 Å². The monoisotopic (exact) mass is 413 g/mol. The molecule has 0 aliphatic carbocycles. The van der Waals surface area contributed by atoms with Crippen molar-refractivity contribution in [1.82, 2.24) is 0 Å². The number of ether oxygens (including phenoxy) is 1. The standard InChI is InChI=1S/C20H20BrN3O2/c1-13-5-8-19(26-4)17(9-13)23-20(25)15(12-22)10-14-6-7-18(24(2)3)16(21)11-14/h5-11H,1-4H3,(H,23,25)/b15-10+. The Kier molecular flexibility index (Phi) is 6.42. The third kappa shape index (κ3) is 4.64. The average molecular weight is 414 g/mol. The first-order valence-corrected chi connectivity index (χ1v) is 8.69. The number of hydrogen-bond donors (Lipinski definition) is 1. The number of hydrogen-bond acceptors (Lipinski definition) is 4. The van der Waals surface area contributed by atoms with Crippen LogP contribution in [0.4, 0.5) is 11.4 Å². The Morgan fingerprint density at radius 2 is 2.00 bits per heavy atom. The van der Waals surface area contributed by atoms with E-state index in [1.54, 1.807) is 18.2 Å². The number of halogens is 1. The van der Waals surface area contributed by atoms with Crippen molar-refractivity contribution < 1.29 is 9.53 Å². The van der Waals surface area contributed by atoms with Gasteiger partial charge in [0, 0.05) is 18.6 Å². The van der Waals surface area contributed by atoms with Crippen molar-refractivity contribution in [3.8, 4) is 11.8 Å². The van der Waals surface area contributed by atoms with Crippen molar-refractivity contribution in [3.63, 3.8) is 0 Å². The lowest BCUT2D eigenvalue weighted by Gasteiger charge is -2.14. The van der Waals surface area contributed by atoms with Crippen LogP contribution in [0.2, 0.25) is 0 Å². The van der Waals surface area contributed by atoms with E-state index in [1.165, 1.54) is 7.11 Å². The summed E-state index contributed by atoms with van der Waals surface area (Å²) in [5, 5.41) is 12.1. The molecule has 0 bridgehead atoms. The van der Waals surface area contributed by atoms with Crippen LogP contribution >= 0.6 is 15.9 Å². The van der Waals surface area contributed by atoms with Crippen molar-refractivity contribution in [2.75, 3.05) is 31.4 Å². The largest absolute Gasteiger partial charge is 0.495 e. The second kappa shape index (κ2) is 8.54. The lowest BCUT2D eigenvalue weighted by atomic mass is 10.1. The predicted octanol–water partition coefficient (Wildman–Crippen LogP) is 4.38. The highest BCUT2D eigenvalue weighted by atomic mass is 79.9. The van der Waals surface area contributed by atoms with E-state index in [0.717, 1.165) is 21.3 Å². The Hall–Kier alpha value is -2.78. The maximum atomic E-state index is 12.5. The Balaban J connectivity index is 2.29. The van der Waals surface area contributed by atoms with E-state index in [9.17, 15) is 10.1 Å². The predicted molar refractivity (Wildman–Crippen MR) is 108 cm³/mol. The van der Waals surface area contributed by atoms with Crippen LogP contribution in [0.25, 0.3) is 6.08 Å². The molecule has 5 nitrogen and oxygen atoms in total. The second-order valence-corrected chi connectivity index (χ2v) is 6.79. The number of nitrogens with one attached hydrogen (secondary N) is 1. The molecule has 0 spiro atoms. The topological polar surface area (TPSA) is 65.4 Å². The van der Waals surface area contributed by atoms with Crippen LogP contribution in [-0.4, -0.2) is 27.1 Å². The van der Waals surface area contributed by atoms with Gasteiger partial charge in [-0.25, -0.2) is 0 Å². The molecule has 1 amide bonds. The third-order valence-electron chi connectivity index (χ3n) is 3.73. The third-order valence-corrected chi connectivity index (χ3v) is 4.37. The second-order valence-electron chi connectivity index (χ2n) is 5.93. The molecule has 6 heteroatoms. The SMILES string of the molecule is COc1ccc(C)cc1NC(=O)/C(C#N)=C/c1ccc(N(C)C)c(Br)c1. The molecule has 134 valence electrons. The van der Waals surface area contributed by atoms with Gasteiger partial charge in [-0.05, 0) is 64.3 Å². The van der Waals surface area contributed by atoms with Gasteiger partial charge in [0.2, 0.25) is 0 Å². The summed E-state index contributed by atoms with van der Waals surface area (Å²) in [6, 6.07) is 13.1. The summed E-state index contributed by atoms with van der Waals surface area (Å²) in [5.41, 5.74) is 3.28. The van der Waals surface area contributed by atoms with Gasteiger partial charge >= 0.3 is 0 Å². The maximum Gasteiger partial charge on any atom is 0.266 e. The number of carbonyl (C=O) groups is 1. The average Bonchev–Trinajstić information content (AvgIpc) is 2.59. The minimum atomic E-state index is -0.482. The summed E-state index contributed by atoms with van der Waals surface area (Å²) in [4.78, 5) is 14.5. The maximum absolute atomic E-state index is 12.5. The first-order chi connectivity index (χ1) is 12.3. The van der Waals surface area contributed by atoms with Gasteiger partial charge in [0.15, 0.2) is 0 Å². The van der Waals surface area contributed by atoms with Crippen LogP contribution in [0, 0.1) is 18.3 Å². The number of anilines is 2. The van der Waals surface area contributed by atoms with E-state index >= 15 is 0 Å². The number of nitrogens with zero attached hydrogens (tertiary/aromatic N) is 2. The Morgan fingerprint density at radius 3 is 2.58 bits per heavy atom. The van der Waals surface area contributed by atoms with E-state index in [2.05, 4.69) is 21.2 Å². The summed E-state index contributed by atoms with van der Waals surface area (Å²) >= 11 is 3.51. The number of amides is 1. The van der Waals surface area contributed by atoms with E-state index in [0.29, 0.717) is 11.4 Å². The molecule has 2 aromatic rings. The van der Waals surface area contributed by atoms with Gasteiger partial charge in [0.05, 0.1) is 18.5 Å². The first kappa shape index (κ1) is 19.5. The minimum Gasteiger partial charge on any atom is -0.495 e. The molecule has 0 aliphatic heterocycles. The summed E-state index contributed by atoms with van der Waals surface area (Å²) in [5.74, 6) is 0.0588. The van der Waals surface area contributed by atoms with E-state index in [1.807, 2.05) is 56.3 Å². The number of aryl methyl sites for hydroxylation is 1. The molecule has 0 atom stereocenters. The molecule has 0 saturated heterocycles. The summed E-state index contributed by atoms with van der Waals surface area (Å²) < 4.78 is 6.14. The molecule has 1 N–H and O–H groups in total. The number of nitriles is 1. The van der Waals surface area contributed by atoms with Gasteiger partial charge in [-0.15, -0.1) is 0 Å². The number of methoxy groups -OCH3 is 1. The van der Waals surface area contributed by atoms with Gasteiger partial charge in [0.1, 0.15) is 17.4 Å². The van der Waals surface area contributed by atoms with E-state index < -0.39 is 5.91 Å². The van der Waals surface area contributed by atoms with Gasteiger partial charge in [-0.2, -0.15) is 5.26 Å². The molecule has 0 fully saturated rings. The molecule has 0 heterocycles. The lowest BCUT2D eigenvalue weighted by Crippen LogP contribution is -2.14. The van der Waals surface area contributed by atoms with Crippen LogP contribution in [0.5, 0.6) is 5.75 Å². The Labute approximate surface area is 162 Å². The van der Waals surface area contributed by atoms with Crippen molar-refractivity contribution in [3.05, 3.63) is 57.6 Å². The highest BCUT2D eigenvalue weighted by Gasteiger charge is 2.13. The van der Waals surface area contributed by atoms with Crippen LogP contribution in [0.15, 0.2) is 46.4 Å². The van der Waals surface area contributed by atoms with Crippen molar-refractivity contribution >= 4 is 39.3 Å². The number of benzene rings is 2. The van der Waals surface area contributed by atoms with E-state index in [-0.39, 0.29) is 5.57 Å². The Bertz CT molecular complexity index is 898. The molecular weight excluding hydrogens is 394 g/mol. The van der Waals surface area contributed by atoms with Crippen molar-refractivity contribution in [2.45, 2.75) is 6.92 Å². The molecule has 2 rings (SSSR count). The normalized spacial score (nSPS) is 10.8. The summed E-state index contributed by atoms with van der Waals surface area (Å²) in [6.07, 6.45) is 1.56. The molecule has 0 aliphatic rings. The molecule has 0 aromatic heterocycles. The van der Waals surface area contributed by atoms with Gasteiger partial charge < -0.3 is 15.0 Å². The fourth-order valence-electron chi connectivity index (χ4n) is 2.40. The molecule has 2 aromatic carbocycles. The molecular formula is C20H20BrN3O2. The van der Waals surface area contributed by atoms with Gasteiger partial charge in [0.25, 0.3) is 5.91 Å². The van der Waals surface area contributed by atoms with Gasteiger partial charge in [-0.1, -0.05) is 12.1 Å². The minimum absolute atomic E-state index is 0.0121. The highest BCUT2D eigenvalue weighted by Crippen LogP contribution is 2.28. The van der Waals surface area contributed by atoms with Crippen LogP contribution in [-0.2, 0) is 4.79 Å². The molecule has 0 saturated carbocycles. The lowest BCUT2D eigenvalue weighted by molar-refractivity contribution is -0.112. The first-order valence-electron chi connectivity index (χ1n) is 7.90. The zero-order valence-electron chi connectivity index (χ0n) is 15.1. The molecule has 26 heavy (non-hydrogen) atoms. The van der Waals surface area contributed by atoms with Gasteiger partial charge in [-0.3, -0.25) is 4.79 Å². The Morgan fingerprint density at radius 1 is 1.27 bits per heavy atom. The van der Waals surface area contributed by atoms with Crippen molar-refractivity contribution in [2.24, 2.45) is 0 Å². The van der Waals surface area contributed by atoms with Crippen LogP contribution in [0.1, 0.15) is 11.1 Å². The number of rotatable bonds is 5.